The van der Waals surface area contributed by atoms with Gasteiger partial charge in [0, 0.05) is 29.8 Å². The number of benzene rings is 1. The third kappa shape index (κ3) is 1.96. The summed E-state index contributed by atoms with van der Waals surface area (Å²) in [6.45, 7) is 1.77. The van der Waals surface area contributed by atoms with Gasteiger partial charge in [-0.1, -0.05) is 6.07 Å². The zero-order valence-electron chi connectivity index (χ0n) is 12.9. The Morgan fingerprint density at radius 1 is 1.25 bits per heavy atom. The number of aromatic nitrogens is 5. The molecule has 1 aromatic carbocycles. The van der Waals surface area contributed by atoms with E-state index in [1.165, 1.54) is 12.4 Å². The van der Waals surface area contributed by atoms with Crippen molar-refractivity contribution in [3.05, 3.63) is 42.1 Å². The minimum Gasteiger partial charge on any atom is -0.505 e. The molecule has 0 amide bonds. The van der Waals surface area contributed by atoms with Crippen LogP contribution in [0.3, 0.4) is 0 Å². The van der Waals surface area contributed by atoms with Crippen LogP contribution in [0.4, 0.5) is 10.3 Å². The average Bonchev–Trinajstić information content (AvgIpc) is 3.08. The van der Waals surface area contributed by atoms with E-state index in [0.29, 0.717) is 33.8 Å². The summed E-state index contributed by atoms with van der Waals surface area (Å²) in [5, 5.41) is 21.3. The van der Waals surface area contributed by atoms with Gasteiger partial charge in [-0.25, -0.2) is 9.37 Å². The molecule has 0 aliphatic carbocycles. The Labute approximate surface area is 135 Å². The number of pyridine rings is 1. The van der Waals surface area contributed by atoms with Gasteiger partial charge >= 0.3 is 0 Å². The third-order valence-electron chi connectivity index (χ3n) is 3.94. The second-order valence-corrected chi connectivity index (χ2v) is 5.40. The van der Waals surface area contributed by atoms with Gasteiger partial charge in [-0.05, 0) is 24.6 Å². The first-order valence-corrected chi connectivity index (χ1v) is 7.26. The smallest absolute Gasteiger partial charge is 0.224 e. The quantitative estimate of drug-likeness (QED) is 0.589. The summed E-state index contributed by atoms with van der Waals surface area (Å²) >= 11 is 0. The van der Waals surface area contributed by atoms with E-state index in [-0.39, 0.29) is 5.56 Å². The van der Waals surface area contributed by atoms with Crippen molar-refractivity contribution in [2.45, 2.75) is 6.92 Å². The second-order valence-electron chi connectivity index (χ2n) is 5.40. The summed E-state index contributed by atoms with van der Waals surface area (Å²) in [5.74, 6) is -0.632. The van der Waals surface area contributed by atoms with Crippen LogP contribution in [0, 0.1) is 12.7 Å². The van der Waals surface area contributed by atoms with E-state index in [9.17, 15) is 9.50 Å². The monoisotopic (exact) mass is 324 g/mol. The molecule has 0 aliphatic rings. The number of aromatic hydroxyl groups is 1. The fourth-order valence-electron chi connectivity index (χ4n) is 2.77. The van der Waals surface area contributed by atoms with Gasteiger partial charge in [-0.2, -0.15) is 4.98 Å². The van der Waals surface area contributed by atoms with Crippen molar-refractivity contribution in [3.63, 3.8) is 0 Å². The standard InChI is InChI=1S/C16H13FN6O/c1-8-3-4-11(24)13(17)12(8)10-5-9-6-19-16(18-2)21-14(9)23-7-20-22-15(10)23/h3-7,24H,1-2H3,(H,18,19,21). The zero-order chi connectivity index (χ0) is 16.8. The van der Waals surface area contributed by atoms with Crippen molar-refractivity contribution >= 4 is 22.6 Å². The molecule has 120 valence electrons. The van der Waals surface area contributed by atoms with Crippen LogP contribution in [-0.4, -0.2) is 36.7 Å². The van der Waals surface area contributed by atoms with Gasteiger partial charge in [-0.3, -0.25) is 4.40 Å². The second kappa shape index (κ2) is 5.12. The number of phenols is 1. The maximum absolute atomic E-state index is 14.6. The number of nitrogens with zero attached hydrogens (tertiary/aromatic N) is 5. The molecule has 4 rings (SSSR count). The van der Waals surface area contributed by atoms with Crippen molar-refractivity contribution in [1.82, 2.24) is 24.6 Å². The van der Waals surface area contributed by atoms with Crippen LogP contribution in [0.2, 0.25) is 0 Å². The zero-order valence-corrected chi connectivity index (χ0v) is 12.9. The SMILES string of the molecule is CNc1ncc2cc(-c3c(C)ccc(O)c3F)c3nncn3c2n1. The van der Waals surface area contributed by atoms with Gasteiger partial charge in [0.1, 0.15) is 6.33 Å². The van der Waals surface area contributed by atoms with Crippen LogP contribution >= 0.6 is 0 Å². The fraction of sp³-hybridized carbons (Fsp3) is 0.125. The van der Waals surface area contributed by atoms with Crippen LogP contribution < -0.4 is 5.32 Å². The molecule has 0 spiro atoms. The van der Waals surface area contributed by atoms with Gasteiger partial charge in [-0.15, -0.1) is 10.2 Å². The van der Waals surface area contributed by atoms with Crippen molar-refractivity contribution in [2.24, 2.45) is 0 Å². The van der Waals surface area contributed by atoms with Gasteiger partial charge < -0.3 is 10.4 Å². The lowest BCUT2D eigenvalue weighted by atomic mass is 9.99. The molecule has 24 heavy (non-hydrogen) atoms. The molecular weight excluding hydrogens is 311 g/mol. The summed E-state index contributed by atoms with van der Waals surface area (Å²) < 4.78 is 16.2. The summed E-state index contributed by atoms with van der Waals surface area (Å²) in [6, 6.07) is 4.74. The molecule has 0 bridgehead atoms. The maximum Gasteiger partial charge on any atom is 0.224 e. The number of hydrogen-bond donors (Lipinski definition) is 2. The Morgan fingerprint density at radius 3 is 2.88 bits per heavy atom. The van der Waals surface area contributed by atoms with Crippen LogP contribution in [0.15, 0.2) is 30.7 Å². The summed E-state index contributed by atoms with van der Waals surface area (Å²) in [5.41, 5.74) is 2.55. The predicted molar refractivity (Wildman–Crippen MR) is 87.4 cm³/mol. The predicted octanol–water partition coefficient (Wildman–Crippen LogP) is 2.53. The highest BCUT2D eigenvalue weighted by molar-refractivity contribution is 5.91. The number of halogens is 1. The Balaban J connectivity index is 2.13. The van der Waals surface area contributed by atoms with E-state index in [0.717, 1.165) is 0 Å². The van der Waals surface area contributed by atoms with Gasteiger partial charge in [0.05, 0.1) is 0 Å². The number of rotatable bonds is 2. The first-order chi connectivity index (χ1) is 11.6. The third-order valence-corrected chi connectivity index (χ3v) is 3.94. The van der Waals surface area contributed by atoms with E-state index < -0.39 is 11.6 Å². The van der Waals surface area contributed by atoms with Crippen LogP contribution in [0.1, 0.15) is 5.56 Å². The Kier molecular flexibility index (Phi) is 3.05. The Hall–Kier alpha value is -3.29. The fourth-order valence-corrected chi connectivity index (χ4v) is 2.77. The molecule has 3 aromatic heterocycles. The van der Waals surface area contributed by atoms with E-state index in [2.05, 4.69) is 25.5 Å². The van der Waals surface area contributed by atoms with Crippen molar-refractivity contribution in [3.8, 4) is 16.9 Å². The topological polar surface area (TPSA) is 88.2 Å². The van der Waals surface area contributed by atoms with E-state index in [4.69, 9.17) is 0 Å². The molecule has 0 saturated heterocycles. The highest BCUT2D eigenvalue weighted by atomic mass is 19.1. The highest BCUT2D eigenvalue weighted by Crippen LogP contribution is 2.35. The minimum absolute atomic E-state index is 0.285. The van der Waals surface area contributed by atoms with Gasteiger partial charge in [0.15, 0.2) is 22.9 Å². The number of anilines is 1. The van der Waals surface area contributed by atoms with Crippen molar-refractivity contribution in [1.29, 1.82) is 0 Å². The molecule has 3 heterocycles. The summed E-state index contributed by atoms with van der Waals surface area (Å²) in [7, 11) is 1.73. The normalized spacial score (nSPS) is 11.3. The molecule has 4 aromatic rings. The molecule has 0 aliphatic heterocycles. The van der Waals surface area contributed by atoms with Gasteiger partial charge in [0.2, 0.25) is 5.95 Å². The van der Waals surface area contributed by atoms with Crippen LogP contribution in [0.5, 0.6) is 5.75 Å². The number of phenolic OH excluding ortho intramolecular Hbond substituents is 1. The minimum atomic E-state index is -0.688. The lowest BCUT2D eigenvalue weighted by Crippen LogP contribution is -2.01. The van der Waals surface area contributed by atoms with Crippen LogP contribution in [0.25, 0.3) is 27.8 Å². The molecule has 0 atom stereocenters. The first kappa shape index (κ1) is 14.3. The maximum atomic E-state index is 14.6. The van der Waals surface area contributed by atoms with E-state index >= 15 is 0 Å². The van der Waals surface area contributed by atoms with E-state index in [1.807, 2.05) is 0 Å². The number of nitrogens with one attached hydrogen (secondary N) is 1. The average molecular weight is 324 g/mol. The number of aryl methyl sites for hydroxylation is 1. The summed E-state index contributed by atoms with van der Waals surface area (Å²) in [6.07, 6.45) is 3.16. The molecule has 8 heteroatoms. The Bertz CT molecular complexity index is 1090. The van der Waals surface area contributed by atoms with Gasteiger partial charge in [0.25, 0.3) is 0 Å². The number of hydrogen-bond acceptors (Lipinski definition) is 6. The molecule has 0 saturated carbocycles. The number of fused-ring (bicyclic) bond motifs is 3. The molecule has 0 radical (unpaired) electrons. The lowest BCUT2D eigenvalue weighted by molar-refractivity contribution is 0.433. The first-order valence-electron chi connectivity index (χ1n) is 7.26. The largest absolute Gasteiger partial charge is 0.505 e. The summed E-state index contributed by atoms with van der Waals surface area (Å²) in [4.78, 5) is 8.60. The molecule has 7 nitrogen and oxygen atoms in total. The van der Waals surface area contributed by atoms with Crippen molar-refractivity contribution < 1.29 is 9.50 Å². The molecular formula is C16H13FN6O. The molecule has 0 fully saturated rings. The van der Waals surface area contributed by atoms with Crippen LogP contribution in [-0.2, 0) is 0 Å². The lowest BCUT2D eigenvalue weighted by Gasteiger charge is -2.12. The van der Waals surface area contributed by atoms with Crippen molar-refractivity contribution in [2.75, 3.05) is 12.4 Å². The molecule has 2 N–H and O–H groups in total. The molecule has 0 unspecified atom stereocenters. The highest BCUT2D eigenvalue weighted by Gasteiger charge is 2.19. The van der Waals surface area contributed by atoms with E-state index in [1.54, 1.807) is 36.7 Å². The Morgan fingerprint density at radius 2 is 2.08 bits per heavy atom.